The minimum atomic E-state index is -0.351. The molecule has 2 heterocycles. The molecule has 4 nitrogen and oxygen atoms in total. The summed E-state index contributed by atoms with van der Waals surface area (Å²) in [7, 11) is 0. The van der Waals surface area contributed by atoms with Gasteiger partial charge >= 0.3 is 0 Å². The second kappa shape index (κ2) is 6.90. The summed E-state index contributed by atoms with van der Waals surface area (Å²) in [6.45, 7) is 0. The monoisotopic (exact) mass is 323 g/mol. The van der Waals surface area contributed by atoms with Crippen molar-refractivity contribution in [3.05, 3.63) is 72.4 Å². The van der Waals surface area contributed by atoms with Crippen LogP contribution >= 0.6 is 11.8 Å². The number of ether oxygens (including phenoxy) is 1. The van der Waals surface area contributed by atoms with Crippen LogP contribution in [-0.4, -0.2) is 9.97 Å². The zero-order valence-corrected chi connectivity index (χ0v) is 12.6. The van der Waals surface area contributed by atoms with Crippen LogP contribution in [0.3, 0.4) is 0 Å². The lowest BCUT2D eigenvalue weighted by atomic mass is 10.3. The molecule has 0 saturated carbocycles. The number of hydrogen-bond donors (Lipinski definition) is 0. The largest absolute Gasteiger partial charge is 0.454 e. The summed E-state index contributed by atoms with van der Waals surface area (Å²) in [5.41, 5.74) is 0.166. The van der Waals surface area contributed by atoms with Crippen LogP contribution in [0.4, 0.5) is 4.39 Å². The average Bonchev–Trinajstić information content (AvgIpc) is 2.58. The molecule has 0 aliphatic heterocycles. The Balaban J connectivity index is 1.87. The molecule has 6 heteroatoms. The van der Waals surface area contributed by atoms with E-state index in [9.17, 15) is 4.39 Å². The van der Waals surface area contributed by atoms with Gasteiger partial charge in [-0.05, 0) is 42.5 Å². The van der Waals surface area contributed by atoms with Crippen LogP contribution in [-0.2, 0) is 0 Å². The topological polar surface area (TPSA) is 58.8 Å². The Morgan fingerprint density at radius 3 is 2.61 bits per heavy atom. The number of pyridine rings is 2. The summed E-state index contributed by atoms with van der Waals surface area (Å²) in [4.78, 5) is 9.12. The molecule has 0 fully saturated rings. The van der Waals surface area contributed by atoms with Crippen molar-refractivity contribution in [3.8, 4) is 17.6 Å². The van der Waals surface area contributed by atoms with E-state index in [0.29, 0.717) is 11.5 Å². The molecule has 0 radical (unpaired) electrons. The van der Waals surface area contributed by atoms with Gasteiger partial charge < -0.3 is 4.74 Å². The van der Waals surface area contributed by atoms with Crippen LogP contribution in [0.5, 0.6) is 11.5 Å². The fraction of sp³-hybridized carbons (Fsp3) is 0. The van der Waals surface area contributed by atoms with Crippen LogP contribution < -0.4 is 4.74 Å². The van der Waals surface area contributed by atoms with E-state index in [2.05, 4.69) is 9.97 Å². The van der Waals surface area contributed by atoms with Gasteiger partial charge in [0, 0.05) is 17.3 Å². The van der Waals surface area contributed by atoms with Gasteiger partial charge in [-0.15, -0.1) is 0 Å². The third-order valence-corrected chi connectivity index (χ3v) is 3.74. The SMILES string of the molecule is N#Cc1ncc(Sc2ccccn2)cc1Oc1ccc(F)cc1. The van der Waals surface area contributed by atoms with Gasteiger partial charge in [0.25, 0.3) is 0 Å². The molecule has 0 spiro atoms. The highest BCUT2D eigenvalue weighted by atomic mass is 32.2. The van der Waals surface area contributed by atoms with Crippen molar-refractivity contribution in [2.75, 3.05) is 0 Å². The number of aromatic nitrogens is 2. The zero-order valence-electron chi connectivity index (χ0n) is 11.8. The molecule has 0 aliphatic rings. The highest BCUT2D eigenvalue weighted by Crippen LogP contribution is 2.31. The highest BCUT2D eigenvalue weighted by molar-refractivity contribution is 7.99. The Labute approximate surface area is 136 Å². The van der Waals surface area contributed by atoms with Crippen molar-refractivity contribution < 1.29 is 9.13 Å². The van der Waals surface area contributed by atoms with Crippen molar-refractivity contribution in [2.24, 2.45) is 0 Å². The maximum Gasteiger partial charge on any atom is 0.183 e. The van der Waals surface area contributed by atoms with Crippen molar-refractivity contribution in [2.45, 2.75) is 9.92 Å². The molecular weight excluding hydrogens is 313 g/mol. The van der Waals surface area contributed by atoms with E-state index >= 15 is 0 Å². The van der Waals surface area contributed by atoms with E-state index in [-0.39, 0.29) is 11.5 Å². The average molecular weight is 323 g/mol. The Morgan fingerprint density at radius 2 is 1.91 bits per heavy atom. The van der Waals surface area contributed by atoms with Crippen molar-refractivity contribution in [1.82, 2.24) is 9.97 Å². The molecule has 2 aromatic heterocycles. The predicted octanol–water partition coefficient (Wildman–Crippen LogP) is 4.43. The quantitative estimate of drug-likeness (QED) is 0.711. The van der Waals surface area contributed by atoms with Crippen LogP contribution in [0.25, 0.3) is 0 Å². The summed E-state index contributed by atoms with van der Waals surface area (Å²) in [6.07, 6.45) is 3.30. The second-order valence-corrected chi connectivity index (χ2v) is 5.55. The molecule has 0 unspecified atom stereocenters. The lowest BCUT2D eigenvalue weighted by molar-refractivity contribution is 0.475. The van der Waals surface area contributed by atoms with E-state index < -0.39 is 0 Å². The molecular formula is C17H10FN3OS. The van der Waals surface area contributed by atoms with Crippen LogP contribution in [0.15, 0.2) is 70.8 Å². The lowest BCUT2D eigenvalue weighted by Crippen LogP contribution is -1.92. The number of benzene rings is 1. The molecule has 112 valence electrons. The van der Waals surface area contributed by atoms with Crippen LogP contribution in [0, 0.1) is 17.1 Å². The smallest absolute Gasteiger partial charge is 0.183 e. The molecule has 0 N–H and O–H groups in total. The fourth-order valence-corrected chi connectivity index (χ4v) is 2.58. The van der Waals surface area contributed by atoms with E-state index in [4.69, 9.17) is 10.00 Å². The first-order valence-corrected chi connectivity index (χ1v) is 7.49. The second-order valence-electron chi connectivity index (χ2n) is 4.46. The van der Waals surface area contributed by atoms with Crippen molar-refractivity contribution in [3.63, 3.8) is 0 Å². The summed E-state index contributed by atoms with van der Waals surface area (Å²) in [5, 5.41) is 9.96. The summed E-state index contributed by atoms with van der Waals surface area (Å²) >= 11 is 1.41. The first kappa shape index (κ1) is 15.0. The maximum atomic E-state index is 12.9. The predicted molar refractivity (Wildman–Crippen MR) is 83.8 cm³/mol. The molecule has 0 aliphatic carbocycles. The third-order valence-electron chi connectivity index (χ3n) is 2.84. The molecule has 0 saturated heterocycles. The number of rotatable bonds is 4. The van der Waals surface area contributed by atoms with Gasteiger partial charge in [0.05, 0.1) is 0 Å². The zero-order chi connectivity index (χ0) is 16.1. The van der Waals surface area contributed by atoms with E-state index in [1.807, 2.05) is 24.3 Å². The molecule has 3 rings (SSSR count). The van der Waals surface area contributed by atoms with Crippen molar-refractivity contribution >= 4 is 11.8 Å². The van der Waals surface area contributed by atoms with Gasteiger partial charge in [-0.25, -0.2) is 14.4 Å². The van der Waals surface area contributed by atoms with Crippen LogP contribution in [0.1, 0.15) is 5.69 Å². The maximum absolute atomic E-state index is 12.9. The first-order chi connectivity index (χ1) is 11.2. The van der Waals surface area contributed by atoms with Gasteiger partial charge in [-0.2, -0.15) is 5.26 Å². The third kappa shape index (κ3) is 3.84. The Morgan fingerprint density at radius 1 is 1.09 bits per heavy atom. The summed E-state index contributed by atoms with van der Waals surface area (Å²) in [6, 6.07) is 14.9. The van der Waals surface area contributed by atoms with Gasteiger partial charge in [-0.1, -0.05) is 17.8 Å². The minimum Gasteiger partial charge on any atom is -0.454 e. The number of halogens is 1. The van der Waals surface area contributed by atoms with E-state index in [1.165, 1.54) is 36.0 Å². The Hall–Kier alpha value is -2.91. The number of hydrogen-bond acceptors (Lipinski definition) is 5. The highest BCUT2D eigenvalue weighted by Gasteiger charge is 2.09. The standard InChI is InChI=1S/C17H10FN3OS/c18-12-4-6-13(7-5-12)22-16-9-14(11-21-15(16)10-19)23-17-3-1-2-8-20-17/h1-9,11H. The van der Waals surface area contributed by atoms with Gasteiger partial charge in [-0.3, -0.25) is 0 Å². The lowest BCUT2D eigenvalue weighted by Gasteiger charge is -2.08. The fourth-order valence-electron chi connectivity index (χ4n) is 1.80. The molecule has 1 aromatic carbocycles. The van der Waals surface area contributed by atoms with Gasteiger partial charge in [0.1, 0.15) is 22.7 Å². The molecule has 23 heavy (non-hydrogen) atoms. The van der Waals surface area contributed by atoms with Gasteiger partial charge in [0.15, 0.2) is 11.4 Å². The van der Waals surface area contributed by atoms with Gasteiger partial charge in [0.2, 0.25) is 0 Å². The number of nitriles is 1. The Bertz CT molecular complexity index is 848. The van der Waals surface area contributed by atoms with E-state index in [1.54, 1.807) is 18.5 Å². The van der Waals surface area contributed by atoms with Crippen LogP contribution in [0.2, 0.25) is 0 Å². The minimum absolute atomic E-state index is 0.166. The van der Waals surface area contributed by atoms with E-state index in [0.717, 1.165) is 9.92 Å². The number of nitrogens with zero attached hydrogens (tertiary/aromatic N) is 3. The summed E-state index contributed by atoms with van der Waals surface area (Å²) < 4.78 is 18.6. The first-order valence-electron chi connectivity index (χ1n) is 6.67. The summed E-state index contributed by atoms with van der Waals surface area (Å²) in [5.74, 6) is 0.403. The molecule has 0 bridgehead atoms. The molecule has 0 amide bonds. The molecule has 0 atom stereocenters. The normalized spacial score (nSPS) is 10.1. The van der Waals surface area contributed by atoms with Crippen molar-refractivity contribution in [1.29, 1.82) is 5.26 Å². The Kier molecular flexibility index (Phi) is 4.50. The molecule has 3 aromatic rings.